The topological polar surface area (TPSA) is 57.0 Å². The maximum atomic E-state index is 12.7. The first kappa shape index (κ1) is 19.9. The van der Waals surface area contributed by atoms with Gasteiger partial charge in [0, 0.05) is 17.0 Å². The zero-order valence-electron chi connectivity index (χ0n) is 18.0. The molecule has 0 amide bonds. The fraction of sp³-hybridized carbons (Fsp3) is 0.320. The molecule has 1 aromatic carbocycles. The van der Waals surface area contributed by atoms with Gasteiger partial charge in [-0.1, -0.05) is 31.2 Å². The van der Waals surface area contributed by atoms with Gasteiger partial charge in [0.05, 0.1) is 12.5 Å². The first-order chi connectivity index (χ1) is 15.0. The van der Waals surface area contributed by atoms with E-state index in [0.29, 0.717) is 11.6 Å². The molecule has 4 aromatic rings. The average Bonchev–Trinajstić information content (AvgIpc) is 3.46. The molecule has 0 bridgehead atoms. The average molecular weight is 432 g/mol. The van der Waals surface area contributed by atoms with Gasteiger partial charge < -0.3 is 9.30 Å². The quantitative estimate of drug-likeness (QED) is 0.415. The fourth-order valence-electron chi connectivity index (χ4n) is 4.45. The number of hydrogen-bond donors (Lipinski definition) is 0. The number of carbonyl (C=O) groups excluding carboxylic acids is 1. The number of aryl methyl sites for hydroxylation is 3. The van der Waals surface area contributed by atoms with Crippen LogP contribution in [0.15, 0.2) is 42.5 Å². The van der Waals surface area contributed by atoms with Crippen LogP contribution in [0.2, 0.25) is 0 Å². The number of rotatable bonds is 5. The summed E-state index contributed by atoms with van der Waals surface area (Å²) in [5.41, 5.74) is 6.54. The van der Waals surface area contributed by atoms with Gasteiger partial charge in [0.25, 0.3) is 0 Å². The van der Waals surface area contributed by atoms with Gasteiger partial charge in [-0.15, -0.1) is 11.3 Å². The van der Waals surface area contributed by atoms with Gasteiger partial charge in [-0.25, -0.2) is 9.97 Å². The Bertz CT molecular complexity index is 1260. The van der Waals surface area contributed by atoms with Crippen LogP contribution in [0.25, 0.3) is 11.2 Å². The van der Waals surface area contributed by atoms with Gasteiger partial charge >= 0.3 is 5.97 Å². The molecule has 0 N–H and O–H groups in total. The number of pyridine rings is 1. The lowest BCUT2D eigenvalue weighted by molar-refractivity contribution is -0.138. The van der Waals surface area contributed by atoms with E-state index >= 15 is 0 Å². The summed E-state index contributed by atoms with van der Waals surface area (Å²) in [5, 5.41) is 0.652. The van der Waals surface area contributed by atoms with Crippen molar-refractivity contribution < 1.29 is 9.53 Å². The summed E-state index contributed by atoms with van der Waals surface area (Å²) in [6.45, 7) is 6.88. The summed E-state index contributed by atoms with van der Waals surface area (Å²) in [6.07, 6.45) is 2.36. The highest BCUT2D eigenvalue weighted by Gasteiger charge is 2.29. The number of benzene rings is 1. The predicted molar refractivity (Wildman–Crippen MR) is 123 cm³/mol. The Morgan fingerprint density at radius 1 is 1.13 bits per heavy atom. The minimum absolute atomic E-state index is 0.0950. The lowest BCUT2D eigenvalue weighted by Crippen LogP contribution is -2.20. The van der Waals surface area contributed by atoms with Crippen LogP contribution in [-0.2, 0) is 30.6 Å². The van der Waals surface area contributed by atoms with Crippen LogP contribution in [0.3, 0.4) is 0 Å². The second-order valence-electron chi connectivity index (χ2n) is 8.24. The third kappa shape index (κ3) is 3.76. The Morgan fingerprint density at radius 2 is 1.87 bits per heavy atom. The van der Waals surface area contributed by atoms with Crippen LogP contribution >= 0.6 is 11.3 Å². The predicted octanol–water partition coefficient (Wildman–Crippen LogP) is 5.04. The van der Waals surface area contributed by atoms with Gasteiger partial charge in [-0.05, 0) is 61.6 Å². The lowest BCUT2D eigenvalue weighted by atomic mass is 10.1. The van der Waals surface area contributed by atoms with Crippen molar-refractivity contribution in [3.63, 3.8) is 0 Å². The van der Waals surface area contributed by atoms with E-state index in [1.54, 1.807) is 0 Å². The third-order valence-electron chi connectivity index (χ3n) is 5.95. The Morgan fingerprint density at radius 3 is 2.58 bits per heavy atom. The molecule has 6 heteroatoms. The van der Waals surface area contributed by atoms with Crippen LogP contribution in [-0.4, -0.2) is 20.5 Å². The van der Waals surface area contributed by atoms with Gasteiger partial charge in [-0.2, -0.15) is 0 Å². The largest absolute Gasteiger partial charge is 0.415 e. The van der Waals surface area contributed by atoms with Crippen molar-refractivity contribution >= 4 is 28.5 Å². The maximum Gasteiger partial charge on any atom is 0.315 e. The van der Waals surface area contributed by atoms with E-state index in [9.17, 15) is 4.79 Å². The second-order valence-corrected chi connectivity index (χ2v) is 9.37. The number of hydrogen-bond acceptors (Lipinski definition) is 5. The van der Waals surface area contributed by atoms with E-state index in [2.05, 4.69) is 36.6 Å². The van der Waals surface area contributed by atoms with Gasteiger partial charge in [0.1, 0.15) is 11.3 Å². The van der Waals surface area contributed by atoms with Crippen molar-refractivity contribution in [1.82, 2.24) is 14.5 Å². The molecule has 0 radical (unpaired) electrons. The molecule has 0 saturated heterocycles. The number of ether oxygens (including phenoxy) is 1. The minimum atomic E-state index is -0.139. The van der Waals surface area contributed by atoms with Crippen LogP contribution in [0, 0.1) is 19.8 Å². The highest BCUT2D eigenvalue weighted by molar-refractivity contribution is 7.13. The van der Waals surface area contributed by atoms with Crippen LogP contribution in [0.4, 0.5) is 0 Å². The second kappa shape index (κ2) is 7.93. The Kier molecular flexibility index (Phi) is 5.10. The van der Waals surface area contributed by atoms with Crippen molar-refractivity contribution in [2.45, 2.75) is 46.6 Å². The number of carbonyl (C=O) groups is 1. The normalized spacial score (nSPS) is 13.6. The molecule has 3 heterocycles. The monoisotopic (exact) mass is 431 g/mol. The van der Waals surface area contributed by atoms with Crippen molar-refractivity contribution in [2.24, 2.45) is 5.92 Å². The van der Waals surface area contributed by atoms with E-state index in [-0.39, 0.29) is 11.9 Å². The number of aromatic nitrogens is 3. The number of fused-ring (bicyclic) bond motifs is 2. The fourth-order valence-corrected chi connectivity index (χ4v) is 5.29. The summed E-state index contributed by atoms with van der Waals surface area (Å²) in [7, 11) is 0. The SMILES string of the molecule is CCc1nc2c(C)cc(C)nc2n1Cc1ccc(OC(=O)C2Cc3ccccc3C2)s1. The molecule has 5 nitrogen and oxygen atoms in total. The molecule has 1 aliphatic rings. The van der Waals surface area contributed by atoms with Crippen molar-refractivity contribution in [3.8, 4) is 5.06 Å². The molecule has 158 valence electrons. The first-order valence-corrected chi connectivity index (χ1v) is 11.5. The Balaban J connectivity index is 1.33. The van der Waals surface area contributed by atoms with Crippen LogP contribution in [0.5, 0.6) is 5.06 Å². The third-order valence-corrected chi connectivity index (χ3v) is 6.90. The molecular weight excluding hydrogens is 406 g/mol. The standard InChI is InChI=1S/C25H25N3O2S/c1-4-21-27-23-15(2)11-16(3)26-24(23)28(21)14-20-9-10-22(31-20)30-25(29)19-12-17-7-5-6-8-18(17)13-19/h5-11,19H,4,12-14H2,1-3H3. The van der Waals surface area contributed by atoms with Crippen molar-refractivity contribution in [3.05, 3.63) is 75.6 Å². The first-order valence-electron chi connectivity index (χ1n) is 10.7. The zero-order valence-corrected chi connectivity index (χ0v) is 18.8. The molecule has 0 saturated carbocycles. The Hall–Kier alpha value is -2.99. The lowest BCUT2D eigenvalue weighted by Gasteiger charge is -2.08. The number of nitrogens with zero attached hydrogens (tertiary/aromatic N) is 3. The van der Waals surface area contributed by atoms with E-state index in [0.717, 1.165) is 52.4 Å². The molecule has 0 unspecified atom stereocenters. The summed E-state index contributed by atoms with van der Waals surface area (Å²) in [4.78, 5) is 23.4. The molecule has 31 heavy (non-hydrogen) atoms. The smallest absolute Gasteiger partial charge is 0.315 e. The highest BCUT2D eigenvalue weighted by atomic mass is 32.1. The van der Waals surface area contributed by atoms with Crippen LogP contribution < -0.4 is 4.74 Å². The summed E-state index contributed by atoms with van der Waals surface area (Å²) in [5.74, 6) is 0.786. The molecule has 3 aromatic heterocycles. The van der Waals surface area contributed by atoms with E-state index in [1.165, 1.54) is 22.5 Å². The number of thiophene rings is 1. The number of imidazole rings is 1. The van der Waals surface area contributed by atoms with Gasteiger partial charge in [0.2, 0.25) is 0 Å². The minimum Gasteiger partial charge on any atom is -0.415 e. The molecule has 1 aliphatic carbocycles. The van der Waals surface area contributed by atoms with Gasteiger partial charge in [-0.3, -0.25) is 4.79 Å². The molecular formula is C25H25N3O2S. The van der Waals surface area contributed by atoms with Crippen LogP contribution in [0.1, 0.15) is 40.0 Å². The molecule has 0 fully saturated rings. The van der Waals surface area contributed by atoms with Crippen molar-refractivity contribution in [1.29, 1.82) is 0 Å². The summed E-state index contributed by atoms with van der Waals surface area (Å²) < 4.78 is 7.93. The highest BCUT2D eigenvalue weighted by Crippen LogP contribution is 2.31. The Labute approximate surface area is 185 Å². The summed E-state index contributed by atoms with van der Waals surface area (Å²) in [6, 6.07) is 14.3. The van der Waals surface area contributed by atoms with Crippen molar-refractivity contribution in [2.75, 3.05) is 0 Å². The maximum absolute atomic E-state index is 12.7. The summed E-state index contributed by atoms with van der Waals surface area (Å²) >= 11 is 1.52. The molecule has 0 aliphatic heterocycles. The zero-order chi connectivity index (χ0) is 21.5. The molecule has 0 atom stereocenters. The molecule has 5 rings (SSSR count). The van der Waals surface area contributed by atoms with E-state index < -0.39 is 0 Å². The van der Waals surface area contributed by atoms with Gasteiger partial charge in [0.15, 0.2) is 10.7 Å². The molecule has 0 spiro atoms. The van der Waals surface area contributed by atoms with E-state index in [1.807, 2.05) is 31.2 Å². The van der Waals surface area contributed by atoms with E-state index in [4.69, 9.17) is 14.7 Å². The number of esters is 1.